The van der Waals surface area contributed by atoms with E-state index in [4.69, 9.17) is 34.3 Å². The number of fused-ring (bicyclic) bond motifs is 39. The molecule has 10 nitrogen and oxygen atoms in total. The summed E-state index contributed by atoms with van der Waals surface area (Å²) in [5, 5.41) is 39.0. The predicted octanol–water partition coefficient (Wildman–Crippen LogP) is 36.1. The SMILES string of the molecule is CC1(C)c2ccccc2-c2nc(-n3c4ccccc4c4cc5ccccc5cc43)nc(-c3ccc4c5ccccc5c5ccccc5c4c3)c21.c1ccc2cc3c(cc2c1)c1ccccc1n3-c1nc(-c2ccc3c4ccccc4c4ccccc4c3c2)c2oc3ccccc3c2n1.c1ccc2cc3c(cc2c1)c1ccccc1n3-c1nc(-c2ccc3c4ccccc4c4ccccc4c3c2)c2sc3ccccc3c2n1. The molecule has 1 aliphatic rings. The number of benzene rings is 24. The average Bonchev–Trinajstić information content (AvgIpc) is 1.55. The normalized spacial score (nSPS) is 12.6. The maximum absolute atomic E-state index is 6.58. The van der Waals surface area contributed by atoms with Crippen LogP contribution in [0.25, 0.3) is 300 Å². The number of rotatable bonds is 6. The Hall–Kier alpha value is -18.9. The van der Waals surface area contributed by atoms with E-state index < -0.39 is 0 Å². The van der Waals surface area contributed by atoms with Crippen molar-refractivity contribution in [1.82, 2.24) is 43.6 Å². The van der Waals surface area contributed by atoms with Crippen LogP contribution in [-0.4, -0.2) is 43.6 Å². The van der Waals surface area contributed by atoms with Gasteiger partial charge in [-0.3, -0.25) is 13.7 Å². The van der Waals surface area contributed by atoms with Crippen LogP contribution in [0.5, 0.6) is 0 Å². The standard InChI is InChI=1S/C47H31N3.C44H25N3O.C44H25N3S/c1-47(2)40-21-11-9-20-37(40)45-43(47)44(30-23-24-35-33-17-6-5-15-31(33)32-16-7-8-18-34(32)38(35)26-30)48-46(49-45)50-41-22-12-10-19-36(41)39-25-28-13-3-4-14-29(28)27-42(39)50;2*1-2-12-27-25-39-37(23-26(27)11-1)34-17-7-9-19-38(34)47(39)44-45-41(43-42(46-44)35-18-8-10-20-40(35)48-43)28-21-22-33-31-15-4-3-13-29(31)30-14-5-6-16-32(30)36(33)24-28/h3-27H,1-2H3;2*1-25H. The third kappa shape index (κ3) is 12.2. The molecule has 33 rings (SSSR count). The van der Waals surface area contributed by atoms with E-state index in [2.05, 4.69) is 464 Å². The first-order valence-electron chi connectivity index (χ1n) is 49.9. The van der Waals surface area contributed by atoms with E-state index in [0.717, 1.165) is 105 Å². The minimum absolute atomic E-state index is 0.281. The molecular weight excluding hydrogens is 1800 g/mol. The number of thiophene rings is 1. The summed E-state index contributed by atoms with van der Waals surface area (Å²) in [7, 11) is 0. The molecule has 0 bridgehead atoms. The highest BCUT2D eigenvalue weighted by molar-refractivity contribution is 7.26. The van der Waals surface area contributed by atoms with Crippen LogP contribution in [0.3, 0.4) is 0 Å². The van der Waals surface area contributed by atoms with Gasteiger partial charge in [-0.2, -0.15) is 0 Å². The van der Waals surface area contributed by atoms with Crippen LogP contribution in [0.4, 0.5) is 0 Å². The molecule has 8 heterocycles. The molecular formula is C135H81N9OS. The molecule has 11 heteroatoms. The van der Waals surface area contributed by atoms with Gasteiger partial charge in [0.25, 0.3) is 0 Å². The molecule has 0 radical (unpaired) electrons. The molecule has 0 spiro atoms. The number of nitrogens with zero attached hydrogens (tertiary/aromatic N) is 9. The Morgan fingerprint density at radius 1 is 0.212 bits per heavy atom. The minimum atomic E-state index is -0.281. The highest BCUT2D eigenvalue weighted by Gasteiger charge is 2.41. The molecule has 32 aromatic rings. The van der Waals surface area contributed by atoms with Gasteiger partial charge in [0.05, 0.1) is 60.4 Å². The second kappa shape index (κ2) is 31.5. The molecule has 0 fully saturated rings. The summed E-state index contributed by atoms with van der Waals surface area (Å²) < 4.78 is 15.7. The van der Waals surface area contributed by atoms with E-state index in [9.17, 15) is 0 Å². The number of furan rings is 1. The van der Waals surface area contributed by atoms with Crippen molar-refractivity contribution in [3.8, 4) is 62.9 Å². The summed E-state index contributed by atoms with van der Waals surface area (Å²) in [4.78, 5) is 32.7. The van der Waals surface area contributed by atoms with Crippen molar-refractivity contribution < 1.29 is 4.42 Å². The van der Waals surface area contributed by atoms with Crippen molar-refractivity contribution in [2.45, 2.75) is 19.3 Å². The largest absolute Gasteiger partial charge is 0.452 e. The van der Waals surface area contributed by atoms with E-state index in [1.54, 1.807) is 11.3 Å². The Bertz CT molecular complexity index is 10800. The van der Waals surface area contributed by atoms with Gasteiger partial charge in [0.1, 0.15) is 16.8 Å². The van der Waals surface area contributed by atoms with Crippen LogP contribution in [-0.2, 0) is 5.41 Å². The molecule has 678 valence electrons. The van der Waals surface area contributed by atoms with Gasteiger partial charge in [-0.05, 0) is 226 Å². The van der Waals surface area contributed by atoms with Gasteiger partial charge in [-0.1, -0.05) is 378 Å². The van der Waals surface area contributed by atoms with Crippen molar-refractivity contribution >= 4 is 248 Å². The lowest BCUT2D eigenvalue weighted by atomic mass is 9.80. The van der Waals surface area contributed by atoms with Crippen LogP contribution < -0.4 is 0 Å². The van der Waals surface area contributed by atoms with Crippen molar-refractivity contribution in [2.24, 2.45) is 0 Å². The lowest BCUT2D eigenvalue weighted by Gasteiger charge is -2.24. The van der Waals surface area contributed by atoms with Crippen LogP contribution in [0.2, 0.25) is 0 Å². The second-order valence-corrected chi connectivity index (χ2v) is 40.4. The quantitative estimate of drug-likeness (QED) is 0.153. The Balaban J connectivity index is 0.0000000995. The molecule has 8 aromatic heterocycles. The molecule has 1 aliphatic carbocycles. The number of hydrogen-bond donors (Lipinski definition) is 0. The highest BCUT2D eigenvalue weighted by Crippen LogP contribution is 2.54. The maximum Gasteiger partial charge on any atom is 0.236 e. The molecule has 0 atom stereocenters. The average molecular weight is 1880 g/mol. The van der Waals surface area contributed by atoms with Crippen molar-refractivity contribution in [2.75, 3.05) is 0 Å². The highest BCUT2D eigenvalue weighted by atomic mass is 32.1. The molecule has 146 heavy (non-hydrogen) atoms. The topological polar surface area (TPSA) is 105 Å². The zero-order valence-corrected chi connectivity index (χ0v) is 80.0. The van der Waals surface area contributed by atoms with Crippen LogP contribution in [0.15, 0.2) is 459 Å². The molecule has 0 saturated heterocycles. The maximum atomic E-state index is 6.58. The molecule has 0 saturated carbocycles. The Morgan fingerprint density at radius 2 is 0.507 bits per heavy atom. The first-order valence-corrected chi connectivity index (χ1v) is 50.7. The van der Waals surface area contributed by atoms with Crippen molar-refractivity contribution in [1.29, 1.82) is 0 Å². The van der Waals surface area contributed by atoms with Gasteiger partial charge in [-0.25, -0.2) is 29.9 Å². The fourth-order valence-corrected chi connectivity index (χ4v) is 25.6. The Labute approximate surface area is 838 Å². The van der Waals surface area contributed by atoms with E-state index in [0.29, 0.717) is 23.4 Å². The van der Waals surface area contributed by atoms with Crippen LogP contribution in [0, 0.1) is 0 Å². The number of para-hydroxylation sites is 4. The molecule has 0 unspecified atom stereocenters. The zero-order valence-electron chi connectivity index (χ0n) is 79.1. The fourth-order valence-electron chi connectivity index (χ4n) is 24.4. The first-order chi connectivity index (χ1) is 72.2. The zero-order chi connectivity index (χ0) is 95.8. The molecule has 0 amide bonds. The van der Waals surface area contributed by atoms with E-state index >= 15 is 0 Å². The summed E-state index contributed by atoms with van der Waals surface area (Å²) in [6.45, 7) is 4.64. The molecule has 24 aromatic carbocycles. The molecule has 0 aliphatic heterocycles. The lowest BCUT2D eigenvalue weighted by molar-refractivity contribution is 0.657. The van der Waals surface area contributed by atoms with Gasteiger partial charge < -0.3 is 4.42 Å². The third-order valence-corrected chi connectivity index (χ3v) is 32.2. The summed E-state index contributed by atoms with van der Waals surface area (Å²) in [6, 6.07) is 164. The molecule has 0 N–H and O–H groups in total. The van der Waals surface area contributed by atoms with Gasteiger partial charge in [-0.15, -0.1) is 11.3 Å². The smallest absolute Gasteiger partial charge is 0.236 e. The summed E-state index contributed by atoms with van der Waals surface area (Å²) in [5.74, 6) is 2.00. The monoisotopic (exact) mass is 1880 g/mol. The van der Waals surface area contributed by atoms with Gasteiger partial charge in [0.15, 0.2) is 5.58 Å². The van der Waals surface area contributed by atoms with Crippen LogP contribution >= 0.6 is 11.3 Å². The van der Waals surface area contributed by atoms with E-state index in [1.165, 1.54) is 183 Å². The van der Waals surface area contributed by atoms with Gasteiger partial charge >= 0.3 is 0 Å². The Kier molecular flexibility index (Phi) is 17.7. The van der Waals surface area contributed by atoms with Crippen molar-refractivity contribution in [3.05, 3.63) is 466 Å². The summed E-state index contributed by atoms with van der Waals surface area (Å²) in [5.41, 5.74) is 20.1. The summed E-state index contributed by atoms with van der Waals surface area (Å²) in [6.07, 6.45) is 0. The van der Waals surface area contributed by atoms with Crippen molar-refractivity contribution in [3.63, 3.8) is 0 Å². The predicted molar refractivity (Wildman–Crippen MR) is 613 cm³/mol. The first kappa shape index (κ1) is 81.9. The second-order valence-electron chi connectivity index (χ2n) is 39.3. The number of aromatic nitrogens is 9. The summed E-state index contributed by atoms with van der Waals surface area (Å²) >= 11 is 1.78. The van der Waals surface area contributed by atoms with Gasteiger partial charge in [0, 0.05) is 81.0 Å². The third-order valence-electron chi connectivity index (χ3n) is 31.1. The number of hydrogen-bond acceptors (Lipinski definition) is 8. The van der Waals surface area contributed by atoms with Crippen LogP contribution in [0.1, 0.15) is 25.0 Å². The van der Waals surface area contributed by atoms with Gasteiger partial charge in [0.2, 0.25) is 17.8 Å². The van der Waals surface area contributed by atoms with E-state index in [1.807, 2.05) is 18.2 Å². The fraction of sp³-hybridized carbons (Fsp3) is 0.0222. The van der Waals surface area contributed by atoms with E-state index in [-0.39, 0.29) is 5.41 Å². The Morgan fingerprint density at radius 3 is 0.932 bits per heavy atom. The lowest BCUT2D eigenvalue weighted by Crippen LogP contribution is -2.18. The minimum Gasteiger partial charge on any atom is -0.452 e.